The molecule has 0 bridgehead atoms. The molecule has 25 heteroatoms. The topological polar surface area (TPSA) is 292 Å². The van der Waals surface area contributed by atoms with E-state index in [1.54, 1.807) is 0 Å². The summed E-state index contributed by atoms with van der Waals surface area (Å²) in [6.07, 6.45) is -8.67. The standard InChI is InChI=1S/C12H19N7O8.2C2HF3O2/c13-2-1-11(20)17-10(3-8-4-14-7-16-8)12(21)15-5-9(27-19(24)25)6-26-18(22)23;2*3-2(4,5)1(6)7/h4,7,9-10H,1-3,5-6,13H2,(H,14,16)(H,15,21)(H,17,20);2*(H,6,7)/t9-,10-;;/m0../s1. The largest absolute Gasteiger partial charge is 0.490 e. The molecule has 2 amide bonds. The van der Waals surface area contributed by atoms with Crippen LogP contribution in [-0.4, -0.2) is 98.3 Å². The summed E-state index contributed by atoms with van der Waals surface area (Å²) in [5.41, 5.74) is 5.85. The molecule has 0 radical (unpaired) electrons. The van der Waals surface area contributed by atoms with Crippen molar-refractivity contribution in [2.75, 3.05) is 19.7 Å². The summed E-state index contributed by atoms with van der Waals surface area (Å²) in [6, 6.07) is -1.03. The molecular formula is C16H21F6N7O12. The number of nitrogens with zero attached hydrogens (tertiary/aromatic N) is 3. The Kier molecular flexibility index (Phi) is 17.1. The molecule has 19 nitrogen and oxygen atoms in total. The van der Waals surface area contributed by atoms with Crippen LogP contribution in [0.25, 0.3) is 0 Å². The second-order valence-electron chi connectivity index (χ2n) is 6.76. The Labute approximate surface area is 222 Å². The molecule has 2 atom stereocenters. The average molecular weight is 617 g/mol. The van der Waals surface area contributed by atoms with E-state index in [-0.39, 0.29) is 19.4 Å². The SMILES string of the molecule is NCCC(=O)N[C@@H](Cc1cnc[nH]1)C(=O)NC[C@@H](CO[N+](=O)[O-])O[N+](=O)[O-].O=C(O)C(F)(F)F.O=C(O)C(F)(F)F. The Hall–Kier alpha value is -4.97. The van der Waals surface area contributed by atoms with E-state index < -0.39 is 71.6 Å². The molecule has 0 aliphatic rings. The maximum atomic E-state index is 12.3. The number of aromatic nitrogens is 2. The van der Waals surface area contributed by atoms with E-state index in [0.717, 1.165) is 0 Å². The van der Waals surface area contributed by atoms with Crippen molar-refractivity contribution in [1.29, 1.82) is 0 Å². The molecule has 0 aromatic carbocycles. The second kappa shape index (κ2) is 18.3. The number of aromatic amines is 1. The van der Waals surface area contributed by atoms with Gasteiger partial charge < -0.3 is 41.2 Å². The van der Waals surface area contributed by atoms with Crippen LogP contribution in [0.2, 0.25) is 0 Å². The lowest BCUT2D eigenvalue weighted by Crippen LogP contribution is -2.50. The molecule has 1 aromatic rings. The number of H-pyrrole nitrogens is 1. The first-order valence-electron chi connectivity index (χ1n) is 10.1. The Morgan fingerprint density at radius 1 is 1.05 bits per heavy atom. The molecule has 0 spiro atoms. The van der Waals surface area contributed by atoms with Crippen molar-refractivity contribution >= 4 is 23.8 Å². The van der Waals surface area contributed by atoms with Crippen LogP contribution < -0.4 is 16.4 Å². The van der Waals surface area contributed by atoms with E-state index >= 15 is 0 Å². The number of hydrogen-bond acceptors (Lipinski definition) is 12. The highest BCUT2D eigenvalue weighted by Gasteiger charge is 2.38. The number of carbonyl (C=O) groups excluding carboxylic acids is 2. The zero-order valence-corrected chi connectivity index (χ0v) is 20.0. The van der Waals surface area contributed by atoms with Crippen LogP contribution in [0.5, 0.6) is 0 Å². The number of hydrogen-bond donors (Lipinski definition) is 6. The first-order chi connectivity index (χ1) is 18.7. The molecule has 234 valence electrons. The van der Waals surface area contributed by atoms with Crippen molar-refractivity contribution < 1.29 is 75.6 Å². The Morgan fingerprint density at radius 3 is 1.93 bits per heavy atom. The number of carboxylic acids is 2. The second-order valence-corrected chi connectivity index (χ2v) is 6.76. The van der Waals surface area contributed by atoms with Gasteiger partial charge in [-0.3, -0.25) is 9.59 Å². The smallest absolute Gasteiger partial charge is 0.475 e. The summed E-state index contributed by atoms with van der Waals surface area (Å²) in [7, 11) is 0. The van der Waals surface area contributed by atoms with Gasteiger partial charge in [0, 0.05) is 37.8 Å². The molecule has 0 unspecified atom stereocenters. The third-order valence-electron chi connectivity index (χ3n) is 3.59. The van der Waals surface area contributed by atoms with Gasteiger partial charge in [0.1, 0.15) is 18.8 Å². The van der Waals surface area contributed by atoms with Gasteiger partial charge in [0.25, 0.3) is 10.2 Å². The number of amides is 2. The lowest BCUT2D eigenvalue weighted by atomic mass is 10.1. The number of alkyl halides is 6. The first-order valence-corrected chi connectivity index (χ1v) is 10.1. The summed E-state index contributed by atoms with van der Waals surface area (Å²) in [5, 5.41) is 37.4. The molecule has 41 heavy (non-hydrogen) atoms. The number of aliphatic carboxylic acids is 2. The Bertz CT molecular complexity index is 983. The number of nitrogens with one attached hydrogen (secondary N) is 3. The van der Waals surface area contributed by atoms with Crippen LogP contribution >= 0.6 is 0 Å². The summed E-state index contributed by atoms with van der Waals surface area (Å²) in [5.74, 6) is -6.67. The number of carboxylic acid groups (broad SMARTS) is 2. The highest BCUT2D eigenvalue weighted by atomic mass is 19.4. The van der Waals surface area contributed by atoms with E-state index in [0.29, 0.717) is 5.69 Å². The molecule has 0 aliphatic carbocycles. The van der Waals surface area contributed by atoms with Crippen LogP contribution in [0.4, 0.5) is 26.3 Å². The fourth-order valence-corrected chi connectivity index (χ4v) is 1.95. The van der Waals surface area contributed by atoms with Gasteiger partial charge in [-0.15, -0.1) is 20.2 Å². The Morgan fingerprint density at radius 2 is 1.56 bits per heavy atom. The maximum absolute atomic E-state index is 12.3. The normalized spacial score (nSPS) is 12.1. The lowest BCUT2D eigenvalue weighted by molar-refractivity contribution is -0.789. The van der Waals surface area contributed by atoms with Gasteiger partial charge in [0.2, 0.25) is 11.8 Å². The molecule has 0 fully saturated rings. The number of imidazole rings is 1. The number of rotatable bonds is 13. The van der Waals surface area contributed by atoms with Gasteiger partial charge in [0.05, 0.1) is 6.33 Å². The van der Waals surface area contributed by atoms with Crippen LogP contribution in [0.3, 0.4) is 0 Å². The number of halogens is 6. The van der Waals surface area contributed by atoms with E-state index in [4.69, 9.17) is 25.5 Å². The minimum absolute atomic E-state index is 0.00348. The van der Waals surface area contributed by atoms with Crippen molar-refractivity contribution in [3.8, 4) is 0 Å². The van der Waals surface area contributed by atoms with Gasteiger partial charge >= 0.3 is 24.3 Å². The average Bonchev–Trinajstić information content (AvgIpc) is 3.32. The van der Waals surface area contributed by atoms with E-state index in [9.17, 15) is 56.2 Å². The highest BCUT2D eigenvalue weighted by molar-refractivity contribution is 5.87. The summed E-state index contributed by atoms with van der Waals surface area (Å²) in [4.78, 5) is 77.3. The molecule has 0 saturated carbocycles. The fourth-order valence-electron chi connectivity index (χ4n) is 1.95. The van der Waals surface area contributed by atoms with Crippen LogP contribution in [-0.2, 0) is 35.3 Å². The molecule has 1 aromatic heterocycles. The van der Waals surface area contributed by atoms with Gasteiger partial charge in [-0.05, 0) is 0 Å². The minimum Gasteiger partial charge on any atom is -0.475 e. The summed E-state index contributed by atoms with van der Waals surface area (Å²) in [6.45, 7) is -1.14. The Balaban J connectivity index is 0. The van der Waals surface area contributed by atoms with E-state index in [2.05, 4.69) is 30.3 Å². The number of nitrogens with two attached hydrogens (primary N) is 1. The third-order valence-corrected chi connectivity index (χ3v) is 3.59. The van der Waals surface area contributed by atoms with Gasteiger partial charge in [0.15, 0.2) is 0 Å². The van der Waals surface area contributed by atoms with Crippen molar-refractivity contribution in [1.82, 2.24) is 20.6 Å². The van der Waals surface area contributed by atoms with Gasteiger partial charge in [-0.1, -0.05) is 0 Å². The van der Waals surface area contributed by atoms with Crippen molar-refractivity contribution in [2.45, 2.75) is 37.3 Å². The van der Waals surface area contributed by atoms with Crippen LogP contribution in [0, 0.1) is 20.2 Å². The number of carbonyl (C=O) groups is 4. The minimum atomic E-state index is -5.08. The van der Waals surface area contributed by atoms with Crippen molar-refractivity contribution in [2.24, 2.45) is 5.73 Å². The predicted octanol–water partition coefficient (Wildman–Crippen LogP) is -1.05. The molecule has 1 rings (SSSR count). The van der Waals surface area contributed by atoms with Crippen molar-refractivity contribution in [3.05, 3.63) is 38.4 Å². The highest BCUT2D eigenvalue weighted by Crippen LogP contribution is 2.13. The molecule has 7 N–H and O–H groups in total. The van der Waals surface area contributed by atoms with Crippen LogP contribution in [0.15, 0.2) is 12.5 Å². The van der Waals surface area contributed by atoms with E-state index in [1.807, 2.05) is 0 Å². The molecule has 1 heterocycles. The third kappa shape index (κ3) is 20.6. The first kappa shape index (κ1) is 38.2. The van der Waals surface area contributed by atoms with Gasteiger partial charge in [-0.25, -0.2) is 14.6 Å². The van der Waals surface area contributed by atoms with Crippen molar-refractivity contribution in [3.63, 3.8) is 0 Å². The molecular weight excluding hydrogens is 596 g/mol. The predicted molar refractivity (Wildman–Crippen MR) is 113 cm³/mol. The summed E-state index contributed by atoms with van der Waals surface area (Å²) < 4.78 is 63.5. The monoisotopic (exact) mass is 617 g/mol. The van der Waals surface area contributed by atoms with Gasteiger partial charge in [-0.2, -0.15) is 26.3 Å². The van der Waals surface area contributed by atoms with E-state index in [1.165, 1.54) is 12.5 Å². The molecule has 0 aliphatic heterocycles. The maximum Gasteiger partial charge on any atom is 0.490 e. The summed E-state index contributed by atoms with van der Waals surface area (Å²) >= 11 is 0. The molecule has 0 saturated heterocycles. The quantitative estimate of drug-likeness (QED) is 0.0875. The van der Waals surface area contributed by atoms with Crippen LogP contribution in [0.1, 0.15) is 12.1 Å². The zero-order valence-electron chi connectivity index (χ0n) is 20.0. The lowest BCUT2D eigenvalue weighted by Gasteiger charge is -2.20. The fraction of sp³-hybridized carbons (Fsp3) is 0.562. The zero-order chi connectivity index (χ0) is 32.4.